The highest BCUT2D eigenvalue weighted by Crippen LogP contribution is 2.28. The standard InChI is InChI=1S/C54H75N17O6.ClH/c1-6-25-75-27-29-77-30-28-76-26-16-57-52-59-53(68-21-17-66(18-22-68)50(73)47(32-39-12-14-42(72)15-13-39)71-36-46(63-65-71)49(56)38(5)7-2)61-54(60-52)69-23-19-67(20-24-69)51(74)48(34-41-33-40-10-8-9-11-44(40)58-41)70-35-45(62-64-70)43(55)31-37(3)4;/h1,8-15,33,35-38,43,47-49,58,72H,7,16-32,34,55-56H2,2-5H3,(H,57,59,60,61);1H/p-1. The van der Waals surface area contributed by atoms with Crippen molar-refractivity contribution in [2.75, 3.05) is 114 Å². The average molecular weight is 1090 g/mol. The molecular weight excluding hydrogens is 1020 g/mol. The average Bonchev–Trinajstić information content (AvgIpc) is 4.26. The second-order valence-corrected chi connectivity index (χ2v) is 20.2. The van der Waals surface area contributed by atoms with Crippen molar-refractivity contribution >= 4 is 40.6 Å². The van der Waals surface area contributed by atoms with Gasteiger partial charge in [-0.25, -0.2) is 9.36 Å². The molecule has 420 valence electrons. The molecule has 5 atom stereocenters. The number of fused-ring (bicyclic) bond motifs is 1. The van der Waals surface area contributed by atoms with E-state index in [4.69, 9.17) is 47.1 Å². The quantitative estimate of drug-likeness (QED) is 0.0351. The van der Waals surface area contributed by atoms with Gasteiger partial charge >= 0.3 is 0 Å². The van der Waals surface area contributed by atoms with Crippen molar-refractivity contribution in [1.29, 1.82) is 0 Å². The zero-order chi connectivity index (χ0) is 54.3. The number of aromatic nitrogens is 10. The Kier molecular flexibility index (Phi) is 21.5. The van der Waals surface area contributed by atoms with E-state index in [1.54, 1.807) is 27.7 Å². The fourth-order valence-corrected chi connectivity index (χ4v) is 9.47. The Morgan fingerprint density at radius 2 is 1.32 bits per heavy atom. The second kappa shape index (κ2) is 28.6. The van der Waals surface area contributed by atoms with E-state index in [0.717, 1.165) is 35.0 Å². The predicted molar refractivity (Wildman–Crippen MR) is 292 cm³/mol. The van der Waals surface area contributed by atoms with E-state index >= 15 is 0 Å². The van der Waals surface area contributed by atoms with Gasteiger partial charge in [0.25, 0.3) is 0 Å². The topological polar surface area (TPSA) is 275 Å². The first kappa shape index (κ1) is 58.7. The van der Waals surface area contributed by atoms with Crippen molar-refractivity contribution in [3.63, 3.8) is 0 Å². The number of nitrogens with one attached hydrogen (secondary N) is 2. The molecule has 0 bridgehead atoms. The van der Waals surface area contributed by atoms with Crippen LogP contribution in [-0.2, 0) is 36.6 Å². The first-order valence-electron chi connectivity index (χ1n) is 26.8. The van der Waals surface area contributed by atoms with Gasteiger partial charge in [-0.2, -0.15) is 15.0 Å². The highest BCUT2D eigenvalue weighted by atomic mass is 35.5. The highest BCUT2D eigenvalue weighted by molar-refractivity contribution is 5.83. The number of carbonyl (C=O) groups excluding carboxylic acids is 2. The van der Waals surface area contributed by atoms with E-state index in [0.29, 0.717) is 140 Å². The second-order valence-electron chi connectivity index (χ2n) is 20.2. The van der Waals surface area contributed by atoms with Crippen molar-refractivity contribution in [1.82, 2.24) is 59.7 Å². The van der Waals surface area contributed by atoms with Crippen molar-refractivity contribution in [2.24, 2.45) is 23.3 Å². The number of nitrogens with zero attached hydrogens (tertiary/aromatic N) is 13. The largest absolute Gasteiger partial charge is 1.00 e. The van der Waals surface area contributed by atoms with E-state index in [1.807, 2.05) is 52.4 Å². The van der Waals surface area contributed by atoms with Crippen LogP contribution in [0.4, 0.5) is 17.8 Å². The summed E-state index contributed by atoms with van der Waals surface area (Å²) in [6, 6.07) is 15.0. The third-order valence-corrected chi connectivity index (χ3v) is 14.2. The number of hydrogen-bond acceptors (Lipinski definition) is 18. The number of rotatable bonds is 27. The minimum absolute atomic E-state index is 0. The van der Waals surface area contributed by atoms with Crippen molar-refractivity contribution in [3.05, 3.63) is 89.6 Å². The number of halogens is 1. The summed E-state index contributed by atoms with van der Waals surface area (Å²) < 4.78 is 19.9. The Morgan fingerprint density at radius 3 is 1.91 bits per heavy atom. The summed E-state index contributed by atoms with van der Waals surface area (Å²) in [4.78, 5) is 55.4. The molecule has 2 aliphatic rings. The molecule has 6 aromatic rings. The normalized spacial score (nSPS) is 15.9. The first-order valence-corrected chi connectivity index (χ1v) is 26.8. The zero-order valence-electron chi connectivity index (χ0n) is 45.2. The number of phenolic OH excluding ortho intramolecular Hbond substituents is 1. The number of aromatic amines is 1. The van der Waals surface area contributed by atoms with Gasteiger partial charge in [0.05, 0.1) is 68.9 Å². The summed E-state index contributed by atoms with van der Waals surface area (Å²) in [5, 5.41) is 32.1. The number of para-hydroxylation sites is 1. The van der Waals surface area contributed by atoms with E-state index in [2.05, 4.69) is 80.4 Å². The number of phenols is 1. The summed E-state index contributed by atoms with van der Waals surface area (Å²) in [7, 11) is 0. The minimum atomic E-state index is -0.700. The molecule has 2 aromatic carbocycles. The van der Waals surface area contributed by atoms with Crippen LogP contribution in [0.3, 0.4) is 0 Å². The number of benzene rings is 2. The summed E-state index contributed by atoms with van der Waals surface area (Å²) in [5.41, 5.74) is 17.1. The Morgan fingerprint density at radius 1 is 0.756 bits per heavy atom. The number of anilines is 3. The fourth-order valence-electron chi connectivity index (χ4n) is 9.47. The number of carbonyl (C=O) groups is 2. The van der Waals surface area contributed by atoms with Gasteiger partial charge in [0.1, 0.15) is 24.4 Å². The van der Waals surface area contributed by atoms with E-state index in [-0.39, 0.29) is 54.6 Å². The lowest BCUT2D eigenvalue weighted by atomic mass is 9.98. The molecule has 23 nitrogen and oxygen atoms in total. The van der Waals surface area contributed by atoms with Crippen LogP contribution < -0.4 is 39.0 Å². The Hall–Kier alpha value is -6.94. The monoisotopic (exact) mass is 1090 g/mol. The van der Waals surface area contributed by atoms with Gasteiger partial charge in [-0.3, -0.25) is 9.59 Å². The van der Waals surface area contributed by atoms with E-state index in [9.17, 15) is 14.7 Å². The maximum absolute atomic E-state index is 14.7. The molecular formula is C54H75ClN17O6-. The Labute approximate surface area is 462 Å². The van der Waals surface area contributed by atoms with Crippen LogP contribution in [0, 0.1) is 24.2 Å². The van der Waals surface area contributed by atoms with Gasteiger partial charge in [-0.05, 0) is 53.5 Å². The van der Waals surface area contributed by atoms with Gasteiger partial charge in [0.15, 0.2) is 0 Å². The lowest BCUT2D eigenvalue weighted by molar-refractivity contribution is -0.136. The molecule has 2 aliphatic heterocycles. The number of piperazine rings is 2. The molecule has 2 amide bonds. The lowest BCUT2D eigenvalue weighted by Gasteiger charge is -2.38. The maximum Gasteiger partial charge on any atom is 0.248 e. The Balaban J connectivity index is 0.00000882. The maximum atomic E-state index is 14.7. The molecule has 8 rings (SSSR count). The molecule has 0 spiro atoms. The van der Waals surface area contributed by atoms with Crippen LogP contribution in [0.15, 0.2) is 67.0 Å². The van der Waals surface area contributed by atoms with Crippen LogP contribution >= 0.6 is 0 Å². The summed E-state index contributed by atoms with van der Waals surface area (Å²) in [5.74, 6) is 4.23. The molecule has 7 N–H and O–H groups in total. The molecule has 6 heterocycles. The van der Waals surface area contributed by atoms with Crippen LogP contribution in [0.2, 0.25) is 0 Å². The molecule has 0 aliphatic carbocycles. The Bertz CT molecular complexity index is 2820. The number of H-pyrrole nitrogens is 1. The lowest BCUT2D eigenvalue weighted by Crippen LogP contribution is -3.00. The van der Waals surface area contributed by atoms with Crippen LogP contribution in [0.5, 0.6) is 5.75 Å². The zero-order valence-corrected chi connectivity index (χ0v) is 45.9. The van der Waals surface area contributed by atoms with Crippen molar-refractivity contribution in [3.8, 4) is 18.1 Å². The highest BCUT2D eigenvalue weighted by Gasteiger charge is 2.34. The van der Waals surface area contributed by atoms with Crippen molar-refractivity contribution < 1.29 is 41.3 Å². The fraction of sp³-hybridized carbons (Fsp3) is 0.537. The smallest absolute Gasteiger partial charge is 0.248 e. The van der Waals surface area contributed by atoms with Crippen molar-refractivity contribution in [2.45, 2.75) is 77.5 Å². The number of aromatic hydroxyl groups is 1. The minimum Gasteiger partial charge on any atom is -1.00 e. The molecule has 4 aromatic heterocycles. The van der Waals surface area contributed by atoms with Gasteiger partial charge in [-0.1, -0.05) is 80.8 Å². The number of ether oxygens (including phenoxy) is 3. The predicted octanol–water partition coefficient (Wildman–Crippen LogP) is 0.697. The van der Waals surface area contributed by atoms with Crippen LogP contribution in [0.1, 0.15) is 87.3 Å². The summed E-state index contributed by atoms with van der Waals surface area (Å²) in [6.07, 6.45) is 11.2. The number of nitrogens with two attached hydrogens (primary N) is 2. The molecule has 2 fully saturated rings. The SMILES string of the molecule is C#CCOCCOCCOCCNc1nc(N2CCN(C(=O)C(Cc3cc4ccccc4[nH]3)n3cc(C(N)CC(C)C)nn3)CC2)nc(N2CCN(C(=O)C(Cc3ccc(O)cc3)n3cc(C(N)C(C)CC)nn3)CC2)n1.[Cl-]. The molecule has 24 heteroatoms. The first-order chi connectivity index (χ1) is 37.4. The molecule has 5 unspecified atom stereocenters. The third kappa shape index (κ3) is 15.6. The molecule has 2 saturated heterocycles. The van der Waals surface area contributed by atoms with Gasteiger partial charge in [0, 0.05) is 83.0 Å². The summed E-state index contributed by atoms with van der Waals surface area (Å²) in [6.45, 7) is 14.5. The van der Waals surface area contributed by atoms with Crippen LogP contribution in [-0.4, -0.2) is 175 Å². The molecule has 0 saturated carbocycles. The van der Waals surface area contributed by atoms with Gasteiger partial charge in [-0.15, -0.1) is 16.6 Å². The molecule has 78 heavy (non-hydrogen) atoms. The summed E-state index contributed by atoms with van der Waals surface area (Å²) >= 11 is 0. The molecule has 0 radical (unpaired) electrons. The van der Waals surface area contributed by atoms with E-state index < -0.39 is 12.1 Å². The van der Waals surface area contributed by atoms with Crippen LogP contribution in [0.25, 0.3) is 10.9 Å². The van der Waals surface area contributed by atoms with Gasteiger partial charge < -0.3 is 73.1 Å². The third-order valence-electron chi connectivity index (χ3n) is 14.2. The van der Waals surface area contributed by atoms with Gasteiger partial charge in [0.2, 0.25) is 29.7 Å². The number of terminal acetylenes is 1. The van der Waals surface area contributed by atoms with E-state index in [1.165, 1.54) is 0 Å². The number of hydrogen-bond donors (Lipinski definition) is 5. The number of amides is 2.